The summed E-state index contributed by atoms with van der Waals surface area (Å²) in [5.41, 5.74) is 1.95. The number of aliphatic hydroxyl groups excluding tert-OH is 2. The summed E-state index contributed by atoms with van der Waals surface area (Å²) in [7, 11) is 2.82. The zero-order chi connectivity index (χ0) is 25.5. The van der Waals surface area contributed by atoms with Gasteiger partial charge in [-0.3, -0.25) is 9.59 Å². The van der Waals surface area contributed by atoms with Gasteiger partial charge in [0.2, 0.25) is 5.91 Å². The molecule has 0 spiro atoms. The Hall–Kier alpha value is -3.18. The lowest BCUT2D eigenvalue weighted by atomic mass is 9.96. The number of aliphatic hydroxyl groups is 2. The highest BCUT2D eigenvalue weighted by Gasteiger charge is 2.45. The zero-order valence-corrected chi connectivity index (χ0v) is 20.2. The van der Waals surface area contributed by atoms with Gasteiger partial charge in [0, 0.05) is 26.6 Å². The highest BCUT2D eigenvalue weighted by molar-refractivity contribution is 5.98. The van der Waals surface area contributed by atoms with E-state index in [1.165, 1.54) is 21.1 Å². The van der Waals surface area contributed by atoms with Gasteiger partial charge in [0.25, 0.3) is 5.91 Å². The van der Waals surface area contributed by atoms with Crippen LogP contribution in [0.15, 0.2) is 42.5 Å². The van der Waals surface area contributed by atoms with Crippen LogP contribution in [0.5, 0.6) is 11.5 Å². The SMILES string of the molecule is COc1cc(OCc2ccccc2)cc(C)c1C(=O)NC[C@H]1O[C@H](OC)[C@H](NC(C)=O)[C@@H](O)[C@@H]1O. The van der Waals surface area contributed by atoms with Crippen molar-refractivity contribution in [3.8, 4) is 11.5 Å². The third kappa shape index (κ3) is 6.49. The van der Waals surface area contributed by atoms with Crippen molar-refractivity contribution >= 4 is 11.8 Å². The van der Waals surface area contributed by atoms with Crippen LogP contribution in [0.2, 0.25) is 0 Å². The predicted molar refractivity (Wildman–Crippen MR) is 126 cm³/mol. The fourth-order valence-electron chi connectivity index (χ4n) is 3.97. The summed E-state index contributed by atoms with van der Waals surface area (Å²) in [5.74, 6) is 0.0340. The summed E-state index contributed by atoms with van der Waals surface area (Å²) in [5, 5.41) is 26.2. The van der Waals surface area contributed by atoms with E-state index in [9.17, 15) is 19.8 Å². The van der Waals surface area contributed by atoms with Crippen molar-refractivity contribution in [1.82, 2.24) is 10.6 Å². The number of ether oxygens (including phenoxy) is 4. The maximum Gasteiger partial charge on any atom is 0.255 e. The summed E-state index contributed by atoms with van der Waals surface area (Å²) in [6, 6.07) is 12.1. The third-order valence-corrected chi connectivity index (χ3v) is 5.74. The lowest BCUT2D eigenvalue weighted by Gasteiger charge is -2.42. The van der Waals surface area contributed by atoms with E-state index < -0.39 is 42.5 Å². The lowest BCUT2D eigenvalue weighted by molar-refractivity contribution is -0.254. The molecule has 2 aromatic rings. The number of amides is 2. The molecule has 2 aromatic carbocycles. The van der Waals surface area contributed by atoms with Crippen molar-refractivity contribution in [2.24, 2.45) is 0 Å². The molecule has 10 heteroatoms. The average Bonchev–Trinajstić information content (AvgIpc) is 2.85. The van der Waals surface area contributed by atoms with Gasteiger partial charge in [-0.25, -0.2) is 0 Å². The Morgan fingerprint density at radius 3 is 2.43 bits per heavy atom. The molecule has 1 heterocycles. The Kier molecular flexibility index (Phi) is 9.05. The fraction of sp³-hybridized carbons (Fsp3) is 0.440. The van der Waals surface area contributed by atoms with E-state index >= 15 is 0 Å². The van der Waals surface area contributed by atoms with Gasteiger partial charge in [0.05, 0.1) is 12.7 Å². The number of carbonyl (C=O) groups is 2. The quantitative estimate of drug-likeness (QED) is 0.409. The molecule has 0 unspecified atom stereocenters. The number of nitrogens with one attached hydrogen (secondary N) is 2. The van der Waals surface area contributed by atoms with Crippen LogP contribution in [0, 0.1) is 6.92 Å². The molecule has 35 heavy (non-hydrogen) atoms. The van der Waals surface area contributed by atoms with Crippen molar-refractivity contribution < 1.29 is 38.7 Å². The highest BCUT2D eigenvalue weighted by atomic mass is 16.7. The molecule has 5 atom stereocenters. The average molecular weight is 489 g/mol. The minimum absolute atomic E-state index is 0.113. The summed E-state index contributed by atoms with van der Waals surface area (Å²) in [4.78, 5) is 24.4. The van der Waals surface area contributed by atoms with Gasteiger partial charge in [-0.15, -0.1) is 0 Å². The first-order valence-corrected chi connectivity index (χ1v) is 11.2. The normalized spacial score (nSPS) is 23.9. The molecule has 1 aliphatic rings. The predicted octanol–water partition coefficient (Wildman–Crippen LogP) is 0.910. The number of hydrogen-bond donors (Lipinski definition) is 4. The number of benzene rings is 2. The number of hydrogen-bond acceptors (Lipinski definition) is 8. The Balaban J connectivity index is 1.67. The zero-order valence-electron chi connectivity index (χ0n) is 20.2. The second-order valence-corrected chi connectivity index (χ2v) is 8.29. The molecule has 1 saturated heterocycles. The molecule has 1 aliphatic heterocycles. The van der Waals surface area contributed by atoms with E-state index in [0.717, 1.165) is 5.56 Å². The van der Waals surface area contributed by atoms with Gasteiger partial charge in [-0.05, 0) is 24.1 Å². The molecule has 0 bridgehead atoms. The van der Waals surface area contributed by atoms with Gasteiger partial charge in [0.1, 0.15) is 42.5 Å². The molecule has 0 aliphatic carbocycles. The largest absolute Gasteiger partial charge is 0.496 e. The Morgan fingerprint density at radius 1 is 1.09 bits per heavy atom. The van der Waals surface area contributed by atoms with Crippen LogP contribution in [0.1, 0.15) is 28.4 Å². The van der Waals surface area contributed by atoms with E-state index in [2.05, 4.69) is 10.6 Å². The molecule has 190 valence electrons. The third-order valence-electron chi connectivity index (χ3n) is 5.74. The van der Waals surface area contributed by atoms with E-state index in [0.29, 0.717) is 29.2 Å². The Morgan fingerprint density at radius 2 is 1.80 bits per heavy atom. The van der Waals surface area contributed by atoms with E-state index in [1.807, 2.05) is 30.3 Å². The van der Waals surface area contributed by atoms with Crippen molar-refractivity contribution in [2.45, 2.75) is 51.1 Å². The van der Waals surface area contributed by atoms with Gasteiger partial charge < -0.3 is 39.8 Å². The molecule has 3 rings (SSSR count). The van der Waals surface area contributed by atoms with Crippen molar-refractivity contribution in [2.75, 3.05) is 20.8 Å². The summed E-state index contributed by atoms with van der Waals surface area (Å²) in [6.07, 6.45) is -4.69. The monoisotopic (exact) mass is 488 g/mol. The molecule has 2 amide bonds. The number of methoxy groups -OCH3 is 2. The molecule has 4 N–H and O–H groups in total. The second-order valence-electron chi connectivity index (χ2n) is 8.29. The van der Waals surface area contributed by atoms with Gasteiger partial charge in [0.15, 0.2) is 6.29 Å². The van der Waals surface area contributed by atoms with Crippen LogP contribution < -0.4 is 20.1 Å². The van der Waals surface area contributed by atoms with Gasteiger partial charge in [-0.2, -0.15) is 0 Å². The van der Waals surface area contributed by atoms with Gasteiger partial charge in [-0.1, -0.05) is 30.3 Å². The Labute approximate surface area is 204 Å². The molecule has 0 radical (unpaired) electrons. The van der Waals surface area contributed by atoms with Crippen molar-refractivity contribution in [1.29, 1.82) is 0 Å². The minimum atomic E-state index is -1.37. The van der Waals surface area contributed by atoms with Crippen molar-refractivity contribution in [3.05, 3.63) is 59.2 Å². The number of rotatable bonds is 9. The fourth-order valence-corrected chi connectivity index (χ4v) is 3.97. The molecule has 1 fully saturated rings. The first-order valence-electron chi connectivity index (χ1n) is 11.2. The second kappa shape index (κ2) is 12.0. The van der Waals surface area contributed by atoms with Crippen LogP contribution >= 0.6 is 0 Å². The van der Waals surface area contributed by atoms with E-state index in [-0.39, 0.29) is 6.54 Å². The maximum absolute atomic E-state index is 13.0. The molecular formula is C25H32N2O8. The van der Waals surface area contributed by atoms with Crippen LogP contribution in [-0.2, 0) is 20.9 Å². The molecule has 10 nitrogen and oxygen atoms in total. The first kappa shape index (κ1) is 26.4. The molecular weight excluding hydrogens is 456 g/mol. The van der Waals surface area contributed by atoms with Crippen LogP contribution in [0.4, 0.5) is 0 Å². The molecule has 0 aromatic heterocycles. The standard InChI is InChI=1S/C25H32N2O8/c1-14-10-17(34-13-16-8-6-5-7-9-16)11-18(32-3)20(14)24(31)26-12-19-22(29)23(30)21(27-15(2)28)25(33-4)35-19/h5-11,19,21-23,25,29-30H,12-13H2,1-4H3,(H,26,31)(H,27,28)/t19-,21-,22-,23-,25+/m1/s1. The van der Waals surface area contributed by atoms with E-state index in [4.69, 9.17) is 18.9 Å². The van der Waals surface area contributed by atoms with E-state index in [1.54, 1.807) is 19.1 Å². The maximum atomic E-state index is 13.0. The highest BCUT2D eigenvalue weighted by Crippen LogP contribution is 2.29. The summed E-state index contributed by atoms with van der Waals surface area (Å²) < 4.78 is 22.2. The Bertz CT molecular complexity index is 1010. The van der Waals surface area contributed by atoms with Crippen LogP contribution in [-0.4, -0.2) is 73.4 Å². The topological polar surface area (TPSA) is 136 Å². The summed E-state index contributed by atoms with van der Waals surface area (Å²) in [6.45, 7) is 3.31. The molecule has 0 saturated carbocycles. The van der Waals surface area contributed by atoms with Gasteiger partial charge >= 0.3 is 0 Å². The van der Waals surface area contributed by atoms with Crippen LogP contribution in [0.3, 0.4) is 0 Å². The first-order chi connectivity index (χ1) is 16.7. The minimum Gasteiger partial charge on any atom is -0.496 e. The van der Waals surface area contributed by atoms with Crippen molar-refractivity contribution in [3.63, 3.8) is 0 Å². The lowest BCUT2D eigenvalue weighted by Crippen LogP contribution is -2.65. The smallest absolute Gasteiger partial charge is 0.255 e. The summed E-state index contributed by atoms with van der Waals surface area (Å²) >= 11 is 0. The number of carbonyl (C=O) groups excluding carboxylic acids is 2. The number of aryl methyl sites for hydroxylation is 1. The van der Waals surface area contributed by atoms with Crippen LogP contribution in [0.25, 0.3) is 0 Å².